The molecule has 0 bridgehead atoms. The minimum Gasteiger partial charge on any atom is -0.493 e. The number of fused-ring (bicyclic) bond motifs is 1. The van der Waals surface area contributed by atoms with Crippen LogP contribution in [0.5, 0.6) is 17.2 Å². The van der Waals surface area contributed by atoms with Crippen LogP contribution in [-0.4, -0.2) is 48.4 Å². The van der Waals surface area contributed by atoms with Gasteiger partial charge in [0.25, 0.3) is 5.91 Å². The van der Waals surface area contributed by atoms with Crippen molar-refractivity contribution in [3.63, 3.8) is 0 Å². The maximum absolute atomic E-state index is 12.8. The Morgan fingerprint density at radius 1 is 1.08 bits per heavy atom. The molecule has 2 heterocycles. The number of ether oxygens (including phenoxy) is 3. The van der Waals surface area contributed by atoms with Crippen LogP contribution in [0.4, 0.5) is 11.5 Å². The molecule has 4 aromatic rings. The number of benzene rings is 2. The number of hydrogen-bond donors (Lipinski definition) is 2. The summed E-state index contributed by atoms with van der Waals surface area (Å²) >= 11 is 0. The molecule has 1 atom stereocenters. The standard InChI is InChI=1S/C29H33N5O4/c1-18(2)19(3)10-12-30-29(35)21-9-7-8-20(14-21)23-17-31-34-13-11-26(33-28(23)34)32-22-15-24(36-4)27(38-6)25(16-22)37-5/h7-9,11,13-17,19H,1,10,12H2,2-6H3,(H,30,35)(H,32,33). The molecule has 0 aliphatic rings. The van der Waals surface area contributed by atoms with Gasteiger partial charge < -0.3 is 24.8 Å². The lowest BCUT2D eigenvalue weighted by molar-refractivity contribution is 0.0952. The van der Waals surface area contributed by atoms with Gasteiger partial charge in [0.15, 0.2) is 17.1 Å². The first-order valence-corrected chi connectivity index (χ1v) is 12.3. The average molecular weight is 516 g/mol. The predicted molar refractivity (Wildman–Crippen MR) is 149 cm³/mol. The number of nitrogens with zero attached hydrogens (tertiary/aromatic N) is 3. The highest BCUT2D eigenvalue weighted by atomic mass is 16.5. The maximum Gasteiger partial charge on any atom is 0.251 e. The lowest BCUT2D eigenvalue weighted by Crippen LogP contribution is -2.25. The Morgan fingerprint density at radius 3 is 2.47 bits per heavy atom. The van der Waals surface area contributed by atoms with Gasteiger partial charge in [-0.3, -0.25) is 4.79 Å². The number of carbonyl (C=O) groups excluding carboxylic acids is 1. The Bertz CT molecular complexity index is 1440. The molecule has 0 aliphatic carbocycles. The molecular formula is C29H33N5O4. The summed E-state index contributed by atoms with van der Waals surface area (Å²) in [6.45, 7) is 8.68. The van der Waals surface area contributed by atoms with Gasteiger partial charge in [-0.25, -0.2) is 9.50 Å². The van der Waals surface area contributed by atoms with Gasteiger partial charge in [0.2, 0.25) is 5.75 Å². The Kier molecular flexibility index (Phi) is 8.15. The number of allylic oxidation sites excluding steroid dienone is 1. The SMILES string of the molecule is C=C(C)C(C)CCNC(=O)c1cccc(-c2cnn3ccc(Nc4cc(OC)c(OC)c(OC)c4)nc23)c1. The molecule has 0 fully saturated rings. The monoisotopic (exact) mass is 515 g/mol. The molecule has 1 amide bonds. The lowest BCUT2D eigenvalue weighted by Gasteiger charge is -2.15. The van der Waals surface area contributed by atoms with Crippen LogP contribution >= 0.6 is 0 Å². The van der Waals surface area contributed by atoms with Gasteiger partial charge in [0.1, 0.15) is 5.82 Å². The molecule has 2 aromatic carbocycles. The summed E-state index contributed by atoms with van der Waals surface area (Å²) in [4.78, 5) is 17.6. The topological polar surface area (TPSA) is 99.0 Å². The number of methoxy groups -OCH3 is 3. The van der Waals surface area contributed by atoms with Crippen LogP contribution in [0.25, 0.3) is 16.8 Å². The molecular weight excluding hydrogens is 482 g/mol. The van der Waals surface area contributed by atoms with Crippen molar-refractivity contribution in [3.05, 3.63) is 72.6 Å². The maximum atomic E-state index is 12.8. The second kappa shape index (κ2) is 11.7. The van der Waals surface area contributed by atoms with Crippen LogP contribution in [0.15, 0.2) is 67.0 Å². The fourth-order valence-corrected chi connectivity index (χ4v) is 4.02. The Balaban J connectivity index is 1.58. The molecule has 0 radical (unpaired) electrons. The number of aromatic nitrogens is 3. The van der Waals surface area contributed by atoms with Crippen LogP contribution in [0.3, 0.4) is 0 Å². The van der Waals surface area contributed by atoms with Gasteiger partial charge >= 0.3 is 0 Å². The van der Waals surface area contributed by atoms with Gasteiger partial charge in [-0.2, -0.15) is 5.10 Å². The van der Waals surface area contributed by atoms with Crippen LogP contribution < -0.4 is 24.8 Å². The zero-order chi connectivity index (χ0) is 27.2. The zero-order valence-corrected chi connectivity index (χ0v) is 22.4. The zero-order valence-electron chi connectivity index (χ0n) is 22.4. The smallest absolute Gasteiger partial charge is 0.251 e. The third kappa shape index (κ3) is 5.72. The van der Waals surface area contributed by atoms with Gasteiger partial charge in [-0.15, -0.1) is 0 Å². The third-order valence-electron chi connectivity index (χ3n) is 6.45. The second-order valence-electron chi connectivity index (χ2n) is 9.05. The van der Waals surface area contributed by atoms with E-state index in [1.54, 1.807) is 38.1 Å². The number of carbonyl (C=O) groups is 1. The van der Waals surface area contributed by atoms with E-state index < -0.39 is 0 Å². The van der Waals surface area contributed by atoms with E-state index in [1.165, 1.54) is 0 Å². The number of hydrogen-bond acceptors (Lipinski definition) is 7. The summed E-state index contributed by atoms with van der Waals surface area (Å²) < 4.78 is 18.0. The molecule has 0 saturated heterocycles. The molecule has 0 spiro atoms. The van der Waals surface area contributed by atoms with E-state index in [2.05, 4.69) is 29.2 Å². The minimum absolute atomic E-state index is 0.116. The molecule has 2 N–H and O–H groups in total. The second-order valence-corrected chi connectivity index (χ2v) is 9.05. The van der Waals surface area contributed by atoms with Crippen molar-refractivity contribution in [3.8, 4) is 28.4 Å². The fraction of sp³-hybridized carbons (Fsp3) is 0.276. The molecule has 9 nitrogen and oxygen atoms in total. The van der Waals surface area contributed by atoms with E-state index in [0.29, 0.717) is 46.7 Å². The lowest BCUT2D eigenvalue weighted by atomic mass is 10.0. The Labute approximate surface area is 222 Å². The predicted octanol–water partition coefficient (Wildman–Crippen LogP) is 5.50. The van der Waals surface area contributed by atoms with Crippen LogP contribution in [-0.2, 0) is 0 Å². The average Bonchev–Trinajstić information content (AvgIpc) is 3.35. The van der Waals surface area contributed by atoms with Crippen molar-refractivity contribution in [2.75, 3.05) is 33.2 Å². The Morgan fingerprint density at radius 2 is 1.82 bits per heavy atom. The van der Waals surface area contributed by atoms with E-state index in [-0.39, 0.29) is 5.91 Å². The minimum atomic E-state index is -0.116. The first-order chi connectivity index (χ1) is 18.3. The molecule has 198 valence electrons. The molecule has 0 aliphatic heterocycles. The number of rotatable bonds is 11. The van der Waals surface area contributed by atoms with Crippen LogP contribution in [0, 0.1) is 5.92 Å². The van der Waals surface area contributed by atoms with E-state index in [0.717, 1.165) is 28.8 Å². The van der Waals surface area contributed by atoms with Gasteiger partial charge in [0.05, 0.1) is 27.5 Å². The quantitative estimate of drug-likeness (QED) is 0.255. The van der Waals surface area contributed by atoms with Crippen molar-refractivity contribution < 1.29 is 19.0 Å². The fourth-order valence-electron chi connectivity index (χ4n) is 4.02. The highest BCUT2D eigenvalue weighted by Gasteiger charge is 2.15. The van der Waals surface area contributed by atoms with Crippen molar-refractivity contribution in [2.24, 2.45) is 5.92 Å². The van der Waals surface area contributed by atoms with Crippen LogP contribution in [0.2, 0.25) is 0 Å². The molecule has 4 rings (SSSR count). The molecule has 9 heteroatoms. The largest absolute Gasteiger partial charge is 0.493 e. The van der Waals surface area contributed by atoms with Crippen molar-refractivity contribution >= 4 is 23.1 Å². The summed E-state index contributed by atoms with van der Waals surface area (Å²) in [7, 11) is 4.70. The molecule has 1 unspecified atom stereocenters. The molecule has 38 heavy (non-hydrogen) atoms. The highest BCUT2D eigenvalue weighted by molar-refractivity contribution is 5.96. The Hall–Kier alpha value is -4.53. The molecule has 0 saturated carbocycles. The van der Waals surface area contributed by atoms with Crippen molar-refractivity contribution in [1.29, 1.82) is 0 Å². The molecule has 2 aromatic heterocycles. The highest BCUT2D eigenvalue weighted by Crippen LogP contribution is 2.40. The first kappa shape index (κ1) is 26.5. The first-order valence-electron chi connectivity index (χ1n) is 12.3. The van der Waals surface area contributed by atoms with Gasteiger partial charge in [-0.1, -0.05) is 31.2 Å². The summed E-state index contributed by atoms with van der Waals surface area (Å²) in [6, 6.07) is 12.9. The third-order valence-corrected chi connectivity index (χ3v) is 6.45. The van der Waals surface area contributed by atoms with E-state index >= 15 is 0 Å². The van der Waals surface area contributed by atoms with E-state index in [4.69, 9.17) is 19.2 Å². The van der Waals surface area contributed by atoms with Gasteiger partial charge in [0, 0.05) is 41.7 Å². The number of amides is 1. The summed E-state index contributed by atoms with van der Waals surface area (Å²) in [5.74, 6) is 2.42. The van der Waals surface area contributed by atoms with E-state index in [9.17, 15) is 4.79 Å². The van der Waals surface area contributed by atoms with Gasteiger partial charge in [-0.05, 0) is 43.0 Å². The van der Waals surface area contributed by atoms with E-state index in [1.807, 2.05) is 49.5 Å². The number of anilines is 2. The summed E-state index contributed by atoms with van der Waals surface area (Å²) in [5, 5.41) is 10.7. The van der Waals surface area contributed by atoms with Crippen LogP contribution in [0.1, 0.15) is 30.6 Å². The van der Waals surface area contributed by atoms with Crippen molar-refractivity contribution in [2.45, 2.75) is 20.3 Å². The normalized spacial score (nSPS) is 11.6. The summed E-state index contributed by atoms with van der Waals surface area (Å²) in [6.07, 6.45) is 4.42. The summed E-state index contributed by atoms with van der Waals surface area (Å²) in [5.41, 5.74) is 4.72. The van der Waals surface area contributed by atoms with Crippen molar-refractivity contribution in [1.82, 2.24) is 19.9 Å². The number of nitrogens with one attached hydrogen (secondary N) is 2.